The number of ether oxygens (including phenoxy) is 2. The average molecular weight is 389 g/mol. The van der Waals surface area contributed by atoms with Gasteiger partial charge in [-0.1, -0.05) is 66.7 Å². The van der Waals surface area contributed by atoms with E-state index in [0.29, 0.717) is 11.5 Å². The van der Waals surface area contributed by atoms with Gasteiger partial charge in [-0.05, 0) is 35.7 Å². The van der Waals surface area contributed by atoms with E-state index in [2.05, 4.69) is 0 Å². The van der Waals surface area contributed by atoms with Gasteiger partial charge in [-0.3, -0.25) is 4.79 Å². The van der Waals surface area contributed by atoms with Crippen molar-refractivity contribution >= 4 is 5.91 Å². The van der Waals surface area contributed by atoms with Crippen LogP contribution < -0.4 is 9.47 Å². The van der Waals surface area contributed by atoms with Crippen LogP contribution >= 0.6 is 0 Å². The minimum absolute atomic E-state index is 0.0460. The molecule has 0 spiro atoms. The van der Waals surface area contributed by atoms with Crippen molar-refractivity contribution in [1.82, 2.24) is 4.90 Å². The molecular weight excluding hydrogens is 362 g/mol. The summed E-state index contributed by atoms with van der Waals surface area (Å²) in [6.45, 7) is 2.02. The van der Waals surface area contributed by atoms with Crippen LogP contribution in [-0.4, -0.2) is 32.1 Å². The predicted molar refractivity (Wildman–Crippen MR) is 115 cm³/mol. The smallest absolute Gasteiger partial charge is 0.234 e. The van der Waals surface area contributed by atoms with E-state index in [1.165, 1.54) is 0 Å². The SMILES string of the molecule is COc1ccc([C@@H](C)N(C)C(=O)C(c2ccccc2)c2ccccc2)cc1OC. The molecule has 0 saturated carbocycles. The Morgan fingerprint density at radius 2 is 1.28 bits per heavy atom. The summed E-state index contributed by atoms with van der Waals surface area (Å²) in [5, 5.41) is 0. The molecule has 0 fully saturated rings. The monoisotopic (exact) mass is 389 g/mol. The summed E-state index contributed by atoms with van der Waals surface area (Å²) in [5.74, 6) is 1.01. The Hall–Kier alpha value is -3.27. The average Bonchev–Trinajstić information content (AvgIpc) is 2.79. The summed E-state index contributed by atoms with van der Waals surface area (Å²) in [6.07, 6.45) is 0. The van der Waals surface area contributed by atoms with Gasteiger partial charge in [-0.15, -0.1) is 0 Å². The number of likely N-dealkylation sites (N-methyl/N-ethyl adjacent to an activating group) is 1. The second kappa shape index (κ2) is 9.28. The molecule has 0 aliphatic carbocycles. The molecule has 0 saturated heterocycles. The number of benzene rings is 3. The number of hydrogen-bond acceptors (Lipinski definition) is 3. The van der Waals surface area contributed by atoms with Crippen molar-refractivity contribution in [3.05, 3.63) is 95.6 Å². The molecule has 29 heavy (non-hydrogen) atoms. The molecule has 1 atom stereocenters. The summed E-state index contributed by atoms with van der Waals surface area (Å²) in [4.78, 5) is 15.4. The van der Waals surface area contributed by atoms with Crippen LogP contribution in [0.1, 0.15) is 35.6 Å². The molecule has 150 valence electrons. The van der Waals surface area contributed by atoms with Gasteiger partial charge >= 0.3 is 0 Å². The molecular formula is C25H27NO3. The number of methoxy groups -OCH3 is 2. The molecule has 3 aromatic carbocycles. The molecule has 3 rings (SSSR count). The Kier molecular flexibility index (Phi) is 6.55. The van der Waals surface area contributed by atoms with Gasteiger partial charge < -0.3 is 14.4 Å². The molecule has 0 aromatic heterocycles. The van der Waals surface area contributed by atoms with Crippen LogP contribution in [0.4, 0.5) is 0 Å². The molecule has 0 radical (unpaired) electrons. The quantitative estimate of drug-likeness (QED) is 0.567. The van der Waals surface area contributed by atoms with E-state index in [0.717, 1.165) is 16.7 Å². The van der Waals surface area contributed by atoms with E-state index in [-0.39, 0.29) is 17.9 Å². The van der Waals surface area contributed by atoms with Crippen LogP contribution in [0.15, 0.2) is 78.9 Å². The largest absolute Gasteiger partial charge is 0.493 e. The molecule has 0 aliphatic heterocycles. The van der Waals surface area contributed by atoms with Gasteiger partial charge in [0.2, 0.25) is 5.91 Å². The third kappa shape index (κ3) is 4.43. The maximum absolute atomic E-state index is 13.6. The molecule has 4 heteroatoms. The third-order valence-corrected chi connectivity index (χ3v) is 5.33. The van der Waals surface area contributed by atoms with Crippen molar-refractivity contribution in [2.24, 2.45) is 0 Å². The summed E-state index contributed by atoms with van der Waals surface area (Å²) in [6, 6.07) is 25.5. The normalized spacial score (nSPS) is 11.8. The zero-order chi connectivity index (χ0) is 20.8. The van der Waals surface area contributed by atoms with Crippen molar-refractivity contribution in [1.29, 1.82) is 0 Å². The first-order chi connectivity index (χ1) is 14.1. The fraction of sp³-hybridized carbons (Fsp3) is 0.240. The van der Waals surface area contributed by atoms with E-state index >= 15 is 0 Å². The van der Waals surface area contributed by atoms with Crippen LogP contribution in [0.2, 0.25) is 0 Å². The molecule has 3 aromatic rings. The van der Waals surface area contributed by atoms with Gasteiger partial charge in [-0.2, -0.15) is 0 Å². The molecule has 0 N–H and O–H groups in total. The molecule has 1 amide bonds. The first-order valence-electron chi connectivity index (χ1n) is 9.65. The lowest BCUT2D eigenvalue weighted by Crippen LogP contribution is -2.34. The number of carbonyl (C=O) groups excluding carboxylic acids is 1. The topological polar surface area (TPSA) is 38.8 Å². The highest BCUT2D eigenvalue weighted by atomic mass is 16.5. The van der Waals surface area contributed by atoms with E-state index in [1.807, 2.05) is 92.8 Å². The van der Waals surface area contributed by atoms with E-state index < -0.39 is 0 Å². The van der Waals surface area contributed by atoms with Crippen molar-refractivity contribution in [2.75, 3.05) is 21.3 Å². The lowest BCUT2D eigenvalue weighted by Gasteiger charge is -2.30. The van der Waals surface area contributed by atoms with Gasteiger partial charge in [0.1, 0.15) is 0 Å². The van der Waals surface area contributed by atoms with Crippen LogP contribution in [-0.2, 0) is 4.79 Å². The van der Waals surface area contributed by atoms with Gasteiger partial charge in [0.25, 0.3) is 0 Å². The lowest BCUT2D eigenvalue weighted by atomic mass is 9.89. The maximum atomic E-state index is 13.6. The molecule has 0 unspecified atom stereocenters. The highest BCUT2D eigenvalue weighted by molar-refractivity contribution is 5.87. The van der Waals surface area contributed by atoms with Crippen LogP contribution in [0.25, 0.3) is 0 Å². The Balaban J connectivity index is 1.93. The van der Waals surface area contributed by atoms with E-state index in [9.17, 15) is 4.79 Å². The van der Waals surface area contributed by atoms with Gasteiger partial charge in [0.05, 0.1) is 26.2 Å². The van der Waals surface area contributed by atoms with Crippen molar-refractivity contribution in [3.8, 4) is 11.5 Å². The second-order valence-electron chi connectivity index (χ2n) is 6.99. The minimum Gasteiger partial charge on any atom is -0.493 e. The summed E-state index contributed by atoms with van der Waals surface area (Å²) in [5.41, 5.74) is 2.95. The number of carbonyl (C=O) groups is 1. The van der Waals surface area contributed by atoms with Gasteiger partial charge in [-0.25, -0.2) is 0 Å². The Labute approximate surface area is 172 Å². The predicted octanol–water partition coefficient (Wildman–Crippen LogP) is 5.06. The van der Waals surface area contributed by atoms with Gasteiger partial charge in [0, 0.05) is 7.05 Å². The molecule has 0 bridgehead atoms. The molecule has 0 heterocycles. The molecule has 0 aliphatic rings. The summed E-state index contributed by atoms with van der Waals surface area (Å²) in [7, 11) is 5.07. The second-order valence-corrected chi connectivity index (χ2v) is 6.99. The Morgan fingerprint density at radius 3 is 1.76 bits per heavy atom. The molecule has 4 nitrogen and oxygen atoms in total. The van der Waals surface area contributed by atoms with Crippen molar-refractivity contribution < 1.29 is 14.3 Å². The zero-order valence-corrected chi connectivity index (χ0v) is 17.3. The minimum atomic E-state index is -0.356. The Bertz CT molecular complexity index is 901. The maximum Gasteiger partial charge on any atom is 0.234 e. The third-order valence-electron chi connectivity index (χ3n) is 5.33. The highest BCUT2D eigenvalue weighted by Gasteiger charge is 2.28. The zero-order valence-electron chi connectivity index (χ0n) is 17.3. The lowest BCUT2D eigenvalue weighted by molar-refractivity contribution is -0.132. The number of nitrogens with zero attached hydrogens (tertiary/aromatic N) is 1. The summed E-state index contributed by atoms with van der Waals surface area (Å²) < 4.78 is 10.8. The number of hydrogen-bond donors (Lipinski definition) is 0. The van der Waals surface area contributed by atoms with Crippen molar-refractivity contribution in [2.45, 2.75) is 18.9 Å². The van der Waals surface area contributed by atoms with E-state index in [1.54, 1.807) is 19.1 Å². The standard InChI is InChI=1S/C25H27NO3/c1-18(21-15-16-22(28-3)23(17-21)29-4)26(2)25(27)24(19-11-7-5-8-12-19)20-13-9-6-10-14-20/h5-18,24H,1-4H3/t18-/m1/s1. The Morgan fingerprint density at radius 1 is 0.759 bits per heavy atom. The highest BCUT2D eigenvalue weighted by Crippen LogP contribution is 2.34. The summed E-state index contributed by atoms with van der Waals surface area (Å²) >= 11 is 0. The van der Waals surface area contributed by atoms with Gasteiger partial charge in [0.15, 0.2) is 11.5 Å². The van der Waals surface area contributed by atoms with E-state index in [4.69, 9.17) is 9.47 Å². The van der Waals surface area contributed by atoms with Crippen LogP contribution in [0.5, 0.6) is 11.5 Å². The van der Waals surface area contributed by atoms with Crippen LogP contribution in [0, 0.1) is 0 Å². The first-order valence-corrected chi connectivity index (χ1v) is 9.65. The fourth-order valence-corrected chi connectivity index (χ4v) is 3.50. The first kappa shape index (κ1) is 20.5. The number of amides is 1. The van der Waals surface area contributed by atoms with Crippen LogP contribution in [0.3, 0.4) is 0 Å². The fourth-order valence-electron chi connectivity index (χ4n) is 3.50. The van der Waals surface area contributed by atoms with Crippen molar-refractivity contribution in [3.63, 3.8) is 0 Å². The number of rotatable bonds is 7.